The van der Waals surface area contributed by atoms with Crippen molar-refractivity contribution in [2.75, 3.05) is 25.3 Å². The first-order chi connectivity index (χ1) is 18.3. The number of anilines is 1. The molecule has 194 valence electrons. The molecule has 12 heteroatoms. The molecule has 1 amide bonds. The number of benzene rings is 3. The second-order valence-corrected chi connectivity index (χ2v) is 9.01. The van der Waals surface area contributed by atoms with Gasteiger partial charge in [-0.25, -0.2) is 9.97 Å². The molecular weight excluding hydrogens is 519 g/mol. The Morgan fingerprint density at radius 3 is 2.42 bits per heavy atom. The van der Waals surface area contributed by atoms with Gasteiger partial charge in [-0.3, -0.25) is 4.79 Å². The van der Waals surface area contributed by atoms with Crippen LogP contribution in [0, 0.1) is 0 Å². The number of hydrogen-bond donors (Lipinski definition) is 1. The van der Waals surface area contributed by atoms with Gasteiger partial charge < -0.3 is 14.8 Å². The zero-order valence-corrected chi connectivity index (χ0v) is 20.9. The molecular formula is C26H20F3N5O3S. The van der Waals surface area contributed by atoms with Gasteiger partial charge in [0.2, 0.25) is 5.91 Å². The van der Waals surface area contributed by atoms with Gasteiger partial charge in [0.25, 0.3) is 0 Å². The third kappa shape index (κ3) is 5.07. The number of rotatable bonds is 7. The quantitative estimate of drug-likeness (QED) is 0.209. The van der Waals surface area contributed by atoms with Crippen LogP contribution in [-0.2, 0) is 11.0 Å². The summed E-state index contributed by atoms with van der Waals surface area (Å²) in [7, 11) is 3.04. The van der Waals surface area contributed by atoms with Crippen molar-refractivity contribution in [2.45, 2.75) is 11.3 Å². The molecule has 2 aromatic heterocycles. The molecule has 0 atom stereocenters. The van der Waals surface area contributed by atoms with Gasteiger partial charge in [0.05, 0.1) is 31.1 Å². The van der Waals surface area contributed by atoms with Crippen LogP contribution in [0.2, 0.25) is 0 Å². The van der Waals surface area contributed by atoms with Crippen molar-refractivity contribution in [1.29, 1.82) is 0 Å². The molecule has 0 unspecified atom stereocenters. The smallest absolute Gasteiger partial charge is 0.416 e. The lowest BCUT2D eigenvalue weighted by Gasteiger charge is -2.11. The predicted octanol–water partition coefficient (Wildman–Crippen LogP) is 5.71. The molecule has 0 saturated heterocycles. The van der Waals surface area contributed by atoms with Gasteiger partial charge in [-0.15, -0.1) is 5.10 Å². The lowest BCUT2D eigenvalue weighted by molar-refractivity contribution is -0.137. The first-order valence-electron chi connectivity index (χ1n) is 11.2. The van der Waals surface area contributed by atoms with Gasteiger partial charge >= 0.3 is 6.18 Å². The van der Waals surface area contributed by atoms with E-state index in [2.05, 4.69) is 15.4 Å². The average molecular weight is 540 g/mol. The molecule has 38 heavy (non-hydrogen) atoms. The largest absolute Gasteiger partial charge is 0.493 e. The Balaban J connectivity index is 1.50. The number of methoxy groups -OCH3 is 2. The fraction of sp³-hybridized carbons (Fsp3) is 0.154. The molecule has 5 rings (SSSR count). The second-order valence-electron chi connectivity index (χ2n) is 8.07. The topological polar surface area (TPSA) is 90.6 Å². The minimum absolute atomic E-state index is 0.0472. The molecule has 0 fully saturated rings. The third-order valence-electron chi connectivity index (χ3n) is 5.59. The van der Waals surface area contributed by atoms with Crippen molar-refractivity contribution in [3.63, 3.8) is 0 Å². The summed E-state index contributed by atoms with van der Waals surface area (Å²) in [6.07, 6.45) is -4.51. The minimum Gasteiger partial charge on any atom is -0.493 e. The molecule has 0 aliphatic rings. The first kappa shape index (κ1) is 25.3. The van der Waals surface area contributed by atoms with E-state index in [1.54, 1.807) is 16.6 Å². The van der Waals surface area contributed by atoms with E-state index in [0.29, 0.717) is 39.0 Å². The number of halogens is 3. The number of aromatic nitrogens is 4. The highest BCUT2D eigenvalue weighted by Crippen LogP contribution is 2.35. The number of carbonyl (C=O) groups excluding carboxylic acids is 1. The molecule has 0 radical (unpaired) electrons. The summed E-state index contributed by atoms with van der Waals surface area (Å²) in [5.74, 6) is 0.800. The minimum atomic E-state index is -4.51. The van der Waals surface area contributed by atoms with Crippen LogP contribution in [-0.4, -0.2) is 45.5 Å². The van der Waals surface area contributed by atoms with Gasteiger partial charge in [-0.2, -0.15) is 17.7 Å². The first-order valence-corrected chi connectivity index (χ1v) is 12.2. The number of thioether (sulfide) groups is 1. The molecule has 0 bridgehead atoms. The van der Waals surface area contributed by atoms with Crippen LogP contribution >= 0.6 is 11.8 Å². The molecule has 0 aliphatic heterocycles. The van der Waals surface area contributed by atoms with Crippen LogP contribution in [0.5, 0.6) is 11.5 Å². The van der Waals surface area contributed by atoms with E-state index >= 15 is 0 Å². The summed E-state index contributed by atoms with van der Waals surface area (Å²) in [6, 6.07) is 17.3. The Hall–Kier alpha value is -4.32. The number of nitrogens with zero attached hydrogens (tertiary/aromatic N) is 4. The summed E-state index contributed by atoms with van der Waals surface area (Å²) >= 11 is 1.08. The van der Waals surface area contributed by atoms with E-state index in [-0.39, 0.29) is 11.4 Å². The highest BCUT2D eigenvalue weighted by atomic mass is 32.2. The van der Waals surface area contributed by atoms with E-state index in [1.165, 1.54) is 26.4 Å². The van der Waals surface area contributed by atoms with Crippen molar-refractivity contribution in [3.8, 4) is 22.9 Å². The Labute approximate surface area is 218 Å². The van der Waals surface area contributed by atoms with Crippen molar-refractivity contribution in [2.24, 2.45) is 0 Å². The fourth-order valence-corrected chi connectivity index (χ4v) is 4.56. The predicted molar refractivity (Wildman–Crippen MR) is 138 cm³/mol. The van der Waals surface area contributed by atoms with E-state index < -0.39 is 17.6 Å². The van der Waals surface area contributed by atoms with Gasteiger partial charge in [0, 0.05) is 22.7 Å². The van der Waals surface area contributed by atoms with Crippen molar-refractivity contribution >= 4 is 39.9 Å². The maximum atomic E-state index is 13.0. The summed E-state index contributed by atoms with van der Waals surface area (Å²) in [6.45, 7) is 0. The molecule has 0 saturated carbocycles. The number of ether oxygens (including phenoxy) is 2. The summed E-state index contributed by atoms with van der Waals surface area (Å²) in [4.78, 5) is 22.0. The van der Waals surface area contributed by atoms with Gasteiger partial charge in [0.1, 0.15) is 0 Å². The molecule has 2 heterocycles. The second kappa shape index (κ2) is 10.2. The normalized spacial score (nSPS) is 11.6. The van der Waals surface area contributed by atoms with E-state index in [9.17, 15) is 18.0 Å². The number of hydrogen-bond acceptors (Lipinski definition) is 7. The fourth-order valence-electron chi connectivity index (χ4n) is 3.81. The zero-order valence-electron chi connectivity index (χ0n) is 20.1. The van der Waals surface area contributed by atoms with E-state index in [4.69, 9.17) is 14.5 Å². The van der Waals surface area contributed by atoms with Crippen LogP contribution in [0.4, 0.5) is 18.9 Å². The number of carbonyl (C=O) groups is 1. The maximum absolute atomic E-state index is 13.0. The highest BCUT2D eigenvalue weighted by molar-refractivity contribution is 7.99. The highest BCUT2D eigenvalue weighted by Gasteiger charge is 2.30. The van der Waals surface area contributed by atoms with Crippen LogP contribution in [0.3, 0.4) is 0 Å². The molecule has 0 spiro atoms. The van der Waals surface area contributed by atoms with Crippen LogP contribution in [0.15, 0.2) is 71.9 Å². The Kier molecular flexibility index (Phi) is 6.81. The van der Waals surface area contributed by atoms with Crippen molar-refractivity contribution < 1.29 is 27.4 Å². The Morgan fingerprint density at radius 1 is 0.974 bits per heavy atom. The SMILES string of the molecule is COc1cc2nc(SCC(=O)Nc3cccc(C(F)(F)F)c3)n3nc(-c4ccccc4)nc3c2cc1OC. The molecule has 5 aromatic rings. The lowest BCUT2D eigenvalue weighted by Crippen LogP contribution is -2.15. The third-order valence-corrected chi connectivity index (χ3v) is 6.51. The standard InChI is InChI=1S/C26H20F3N5O3S/c1-36-20-12-18-19(13-21(20)37-2)31-25(34-24(18)32-23(33-34)15-7-4-3-5-8-15)38-14-22(35)30-17-10-6-9-16(11-17)26(27,28)29/h3-13H,14H2,1-2H3,(H,30,35). The average Bonchev–Trinajstić information content (AvgIpc) is 3.37. The Morgan fingerprint density at radius 2 is 1.71 bits per heavy atom. The number of alkyl halides is 3. The van der Waals surface area contributed by atoms with Gasteiger partial charge in [-0.1, -0.05) is 48.2 Å². The van der Waals surface area contributed by atoms with Crippen molar-refractivity contribution in [3.05, 3.63) is 72.3 Å². The Bertz CT molecular complexity index is 1640. The van der Waals surface area contributed by atoms with Crippen LogP contribution in [0.1, 0.15) is 5.56 Å². The van der Waals surface area contributed by atoms with E-state index in [0.717, 1.165) is 29.5 Å². The van der Waals surface area contributed by atoms with Crippen molar-refractivity contribution in [1.82, 2.24) is 19.6 Å². The van der Waals surface area contributed by atoms with E-state index in [1.807, 2.05) is 30.3 Å². The monoisotopic (exact) mass is 539 g/mol. The molecule has 3 aromatic carbocycles. The summed E-state index contributed by atoms with van der Waals surface area (Å²) < 4.78 is 51.5. The number of fused-ring (bicyclic) bond motifs is 3. The lowest BCUT2D eigenvalue weighted by atomic mass is 10.2. The molecule has 0 aliphatic carbocycles. The summed E-state index contributed by atoms with van der Waals surface area (Å²) in [5.41, 5.74) is 1.04. The van der Waals surface area contributed by atoms with Crippen LogP contribution in [0.25, 0.3) is 27.9 Å². The van der Waals surface area contributed by atoms with Gasteiger partial charge in [0.15, 0.2) is 28.1 Å². The molecule has 1 N–H and O–H groups in total. The van der Waals surface area contributed by atoms with Crippen LogP contribution < -0.4 is 14.8 Å². The zero-order chi connectivity index (χ0) is 26.9. The van der Waals surface area contributed by atoms with Gasteiger partial charge in [-0.05, 0) is 24.3 Å². The molecule has 8 nitrogen and oxygen atoms in total. The number of amides is 1. The maximum Gasteiger partial charge on any atom is 0.416 e. The number of nitrogens with one attached hydrogen (secondary N) is 1. The summed E-state index contributed by atoms with van der Waals surface area (Å²) in [5, 5.41) is 8.16.